The van der Waals surface area contributed by atoms with Gasteiger partial charge in [0.15, 0.2) is 0 Å². The van der Waals surface area contributed by atoms with Gasteiger partial charge in [0, 0.05) is 62.9 Å². The molecule has 34 heavy (non-hydrogen) atoms. The molecule has 6 heteroatoms. The van der Waals surface area contributed by atoms with Crippen molar-refractivity contribution in [3.05, 3.63) is 89.2 Å². The number of nitrogens with zero attached hydrogens (tertiary/aromatic N) is 3. The number of hydrogen-bond donors (Lipinski definition) is 1. The molecular weight excluding hydrogens is 424 g/mol. The first-order valence-electron chi connectivity index (χ1n) is 12.0. The molecule has 6 nitrogen and oxygen atoms in total. The molecule has 4 rings (SSSR count). The summed E-state index contributed by atoms with van der Waals surface area (Å²) < 4.78 is 5.93. The fraction of sp³-hybridized carbons (Fsp3) is 0.357. The average Bonchev–Trinajstić information content (AvgIpc) is 2.87. The van der Waals surface area contributed by atoms with E-state index < -0.39 is 0 Å². The highest BCUT2D eigenvalue weighted by molar-refractivity contribution is 5.93. The number of pyridine rings is 1. The van der Waals surface area contributed by atoms with Crippen LogP contribution in [-0.4, -0.2) is 55.1 Å². The molecule has 0 saturated carbocycles. The van der Waals surface area contributed by atoms with Crippen LogP contribution < -0.4 is 15.0 Å². The molecule has 178 valence electrons. The number of ether oxygens (including phenoxy) is 1. The molecule has 0 unspecified atom stereocenters. The average molecular weight is 459 g/mol. The van der Waals surface area contributed by atoms with Gasteiger partial charge in [-0.2, -0.15) is 0 Å². The van der Waals surface area contributed by atoms with E-state index in [-0.39, 0.29) is 5.91 Å². The van der Waals surface area contributed by atoms with Crippen molar-refractivity contribution in [2.45, 2.75) is 26.8 Å². The minimum atomic E-state index is -0.0814. The van der Waals surface area contributed by atoms with Crippen LogP contribution in [0.4, 0.5) is 5.69 Å². The van der Waals surface area contributed by atoms with E-state index in [1.54, 1.807) is 24.5 Å². The van der Waals surface area contributed by atoms with Crippen LogP contribution in [0.15, 0.2) is 67.0 Å². The number of carbonyl (C=O) groups excluding carboxylic acids is 1. The second-order valence-electron chi connectivity index (χ2n) is 8.82. The maximum Gasteiger partial charge on any atom is 0.251 e. The van der Waals surface area contributed by atoms with Gasteiger partial charge in [-0.1, -0.05) is 24.3 Å². The van der Waals surface area contributed by atoms with E-state index in [4.69, 9.17) is 4.74 Å². The highest BCUT2D eigenvalue weighted by Crippen LogP contribution is 2.24. The van der Waals surface area contributed by atoms with Crippen molar-refractivity contribution < 1.29 is 9.53 Å². The van der Waals surface area contributed by atoms with Crippen LogP contribution in [0.25, 0.3) is 0 Å². The lowest BCUT2D eigenvalue weighted by atomic mass is 10.1. The summed E-state index contributed by atoms with van der Waals surface area (Å²) in [6.07, 6.45) is 3.99. The zero-order valence-electron chi connectivity index (χ0n) is 20.2. The number of piperazine rings is 1. The monoisotopic (exact) mass is 458 g/mol. The van der Waals surface area contributed by atoms with E-state index >= 15 is 0 Å². The number of nitrogens with one attached hydrogen (secondary N) is 1. The van der Waals surface area contributed by atoms with E-state index in [9.17, 15) is 4.79 Å². The van der Waals surface area contributed by atoms with Crippen molar-refractivity contribution in [3.63, 3.8) is 0 Å². The van der Waals surface area contributed by atoms with Gasteiger partial charge >= 0.3 is 0 Å². The quantitative estimate of drug-likeness (QED) is 0.487. The fourth-order valence-corrected chi connectivity index (χ4v) is 4.29. The number of carbonyl (C=O) groups is 1. The summed E-state index contributed by atoms with van der Waals surface area (Å²) >= 11 is 0. The van der Waals surface area contributed by atoms with Gasteiger partial charge < -0.3 is 15.0 Å². The van der Waals surface area contributed by atoms with Crippen molar-refractivity contribution in [3.8, 4) is 5.75 Å². The molecular formula is C28H34N4O2. The van der Waals surface area contributed by atoms with Gasteiger partial charge in [-0.3, -0.25) is 14.7 Å². The molecule has 0 bridgehead atoms. The summed E-state index contributed by atoms with van der Waals surface area (Å²) in [4.78, 5) is 21.0. The van der Waals surface area contributed by atoms with Crippen LogP contribution in [0.1, 0.15) is 33.5 Å². The van der Waals surface area contributed by atoms with Crippen molar-refractivity contribution in [1.29, 1.82) is 0 Å². The Kier molecular flexibility index (Phi) is 8.15. The van der Waals surface area contributed by atoms with E-state index in [1.807, 2.05) is 6.07 Å². The van der Waals surface area contributed by atoms with Crippen LogP contribution >= 0.6 is 0 Å². The normalized spacial score (nSPS) is 14.1. The van der Waals surface area contributed by atoms with E-state index in [2.05, 4.69) is 70.3 Å². The third-order valence-corrected chi connectivity index (χ3v) is 6.41. The van der Waals surface area contributed by atoms with Gasteiger partial charge in [0.25, 0.3) is 5.91 Å². The van der Waals surface area contributed by atoms with Crippen LogP contribution in [0.2, 0.25) is 0 Å². The number of hydrogen-bond acceptors (Lipinski definition) is 5. The van der Waals surface area contributed by atoms with Crippen LogP contribution in [0.5, 0.6) is 5.75 Å². The molecule has 1 aliphatic rings. The second-order valence-corrected chi connectivity index (χ2v) is 8.82. The van der Waals surface area contributed by atoms with Gasteiger partial charge in [0.2, 0.25) is 0 Å². The summed E-state index contributed by atoms with van der Waals surface area (Å²) in [5, 5.41) is 2.92. The third kappa shape index (κ3) is 6.35. The van der Waals surface area contributed by atoms with Gasteiger partial charge in [0.1, 0.15) is 5.75 Å². The van der Waals surface area contributed by atoms with Gasteiger partial charge in [-0.15, -0.1) is 0 Å². The van der Waals surface area contributed by atoms with Crippen molar-refractivity contribution in [2.75, 3.05) is 44.2 Å². The van der Waals surface area contributed by atoms with Gasteiger partial charge in [0.05, 0.1) is 6.61 Å². The van der Waals surface area contributed by atoms with E-state index in [0.717, 1.165) is 44.9 Å². The lowest BCUT2D eigenvalue weighted by Crippen LogP contribution is -2.46. The highest BCUT2D eigenvalue weighted by Gasteiger charge is 2.19. The minimum absolute atomic E-state index is 0.0814. The predicted molar refractivity (Wildman–Crippen MR) is 137 cm³/mol. The summed E-state index contributed by atoms with van der Waals surface area (Å²) in [5.74, 6) is 0.800. The molecule has 1 fully saturated rings. The lowest BCUT2D eigenvalue weighted by molar-refractivity contribution is 0.0951. The topological polar surface area (TPSA) is 57.7 Å². The first-order valence-corrected chi connectivity index (χ1v) is 12.0. The van der Waals surface area contributed by atoms with Gasteiger partial charge in [-0.05, 0) is 67.3 Å². The Labute approximate surface area is 202 Å². The molecule has 1 N–H and O–H groups in total. The number of rotatable bonds is 9. The standard InChI is InChI=1S/C28H34N4O2/c1-22-6-3-9-27(23(22)2)32-17-15-31(16-18-32)21-24-7-4-8-26(20-24)34-19-5-12-30-28(33)25-10-13-29-14-11-25/h3-4,6-11,13-14,20H,5,12,15-19,21H2,1-2H3,(H,30,33). The Morgan fingerprint density at radius 3 is 2.56 bits per heavy atom. The van der Waals surface area contributed by atoms with Crippen LogP contribution in [-0.2, 0) is 6.54 Å². The molecule has 2 heterocycles. The van der Waals surface area contributed by atoms with Crippen LogP contribution in [0.3, 0.4) is 0 Å². The fourth-order valence-electron chi connectivity index (χ4n) is 4.29. The molecule has 1 amide bonds. The third-order valence-electron chi connectivity index (χ3n) is 6.41. The molecule has 0 spiro atoms. The molecule has 0 atom stereocenters. The SMILES string of the molecule is Cc1cccc(N2CCN(Cc3cccc(OCCCNC(=O)c4ccncc4)c3)CC2)c1C. The zero-order chi connectivity index (χ0) is 23.8. The van der Waals surface area contributed by atoms with Crippen molar-refractivity contribution in [1.82, 2.24) is 15.2 Å². The van der Waals surface area contributed by atoms with Crippen molar-refractivity contribution in [2.24, 2.45) is 0 Å². The van der Waals surface area contributed by atoms with Crippen LogP contribution in [0, 0.1) is 13.8 Å². The summed E-state index contributed by atoms with van der Waals surface area (Å²) in [6, 6.07) is 18.4. The zero-order valence-corrected chi connectivity index (χ0v) is 20.2. The smallest absolute Gasteiger partial charge is 0.251 e. The predicted octanol–water partition coefficient (Wildman–Crippen LogP) is 4.22. The molecule has 1 saturated heterocycles. The molecule has 0 radical (unpaired) electrons. The Morgan fingerprint density at radius 1 is 1.00 bits per heavy atom. The largest absolute Gasteiger partial charge is 0.494 e. The second kappa shape index (κ2) is 11.7. The Balaban J connectivity index is 1.19. The van der Waals surface area contributed by atoms with Gasteiger partial charge in [-0.25, -0.2) is 0 Å². The molecule has 0 aliphatic carbocycles. The number of benzene rings is 2. The molecule has 2 aromatic carbocycles. The van der Waals surface area contributed by atoms with Crippen molar-refractivity contribution >= 4 is 11.6 Å². The lowest BCUT2D eigenvalue weighted by Gasteiger charge is -2.37. The molecule has 1 aliphatic heterocycles. The number of anilines is 1. The summed E-state index contributed by atoms with van der Waals surface area (Å²) in [5.41, 5.74) is 6.00. The summed E-state index contributed by atoms with van der Waals surface area (Å²) in [7, 11) is 0. The Hall–Kier alpha value is -3.38. The molecule has 1 aromatic heterocycles. The number of aryl methyl sites for hydroxylation is 1. The molecule has 3 aromatic rings. The maximum absolute atomic E-state index is 12.1. The first kappa shape index (κ1) is 23.8. The van der Waals surface area contributed by atoms with E-state index in [1.165, 1.54) is 22.4 Å². The Bertz CT molecular complexity index is 1080. The first-order chi connectivity index (χ1) is 16.6. The highest BCUT2D eigenvalue weighted by atomic mass is 16.5. The number of amides is 1. The minimum Gasteiger partial charge on any atom is -0.494 e. The van der Waals surface area contributed by atoms with E-state index in [0.29, 0.717) is 18.7 Å². The Morgan fingerprint density at radius 2 is 1.76 bits per heavy atom. The number of aromatic nitrogens is 1. The summed E-state index contributed by atoms with van der Waals surface area (Å²) in [6.45, 7) is 10.7. The maximum atomic E-state index is 12.1.